The van der Waals surface area contributed by atoms with Crippen LogP contribution in [0.25, 0.3) is 22.5 Å². The summed E-state index contributed by atoms with van der Waals surface area (Å²) < 4.78 is 1.55. The van der Waals surface area contributed by atoms with Crippen molar-refractivity contribution >= 4 is 28.7 Å². The van der Waals surface area contributed by atoms with E-state index in [9.17, 15) is 0 Å². The molecule has 0 aliphatic rings. The van der Waals surface area contributed by atoms with E-state index in [1.807, 2.05) is 91.9 Å². The number of aromatic nitrogens is 2. The van der Waals surface area contributed by atoms with Gasteiger partial charge < -0.3 is 5.73 Å². The first kappa shape index (κ1) is 18.7. The summed E-state index contributed by atoms with van der Waals surface area (Å²) in [4.78, 5) is 0. The summed E-state index contributed by atoms with van der Waals surface area (Å²) in [5, 5.41) is 14.0. The minimum absolute atomic E-state index is 0.151. The maximum Gasteiger partial charge on any atom is 0.191 e. The Bertz CT molecular complexity index is 1180. The Morgan fingerprint density at radius 3 is 2.03 bits per heavy atom. The fourth-order valence-corrected chi connectivity index (χ4v) is 3.22. The molecule has 29 heavy (non-hydrogen) atoms. The van der Waals surface area contributed by atoms with Gasteiger partial charge in [-0.25, -0.2) is 4.68 Å². The van der Waals surface area contributed by atoms with E-state index in [-0.39, 0.29) is 5.11 Å². The van der Waals surface area contributed by atoms with Crippen LogP contribution in [0.1, 0.15) is 5.56 Å². The van der Waals surface area contributed by atoms with E-state index < -0.39 is 0 Å². The van der Waals surface area contributed by atoms with E-state index in [1.165, 1.54) is 0 Å². The van der Waals surface area contributed by atoms with E-state index in [2.05, 4.69) is 15.3 Å². The van der Waals surface area contributed by atoms with E-state index in [0.717, 1.165) is 22.4 Å². The topological polar surface area (TPSA) is 68.6 Å². The molecule has 0 aliphatic heterocycles. The molecule has 0 atom stereocenters. The summed E-state index contributed by atoms with van der Waals surface area (Å²) >= 11 is 5.28. The maximum absolute atomic E-state index is 6.00. The quantitative estimate of drug-likeness (QED) is 0.337. The zero-order valence-corrected chi connectivity index (χ0v) is 16.7. The molecule has 0 unspecified atom stereocenters. The Hall–Kier alpha value is -3.64. The second-order valence-corrected chi connectivity index (χ2v) is 6.93. The van der Waals surface area contributed by atoms with Gasteiger partial charge in [-0.05, 0) is 30.8 Å². The fraction of sp³-hybridized carbons (Fsp3) is 0.0435. The SMILES string of the molecule is Cc1ccccc1N=Nc1c(-c2ccccc2)nn(C(N)=S)c1-c1ccccc1. The van der Waals surface area contributed by atoms with Crippen LogP contribution in [0.2, 0.25) is 0 Å². The van der Waals surface area contributed by atoms with Crippen LogP contribution in [0.5, 0.6) is 0 Å². The average molecular weight is 398 g/mol. The van der Waals surface area contributed by atoms with Gasteiger partial charge in [0.1, 0.15) is 17.1 Å². The third kappa shape index (κ3) is 3.83. The number of hydrogen-bond acceptors (Lipinski definition) is 4. The van der Waals surface area contributed by atoms with Crippen molar-refractivity contribution in [1.82, 2.24) is 9.78 Å². The van der Waals surface area contributed by atoms with Crippen molar-refractivity contribution in [2.45, 2.75) is 6.92 Å². The molecule has 0 aliphatic carbocycles. The number of aryl methyl sites for hydroxylation is 1. The smallest absolute Gasteiger partial charge is 0.191 e. The van der Waals surface area contributed by atoms with Gasteiger partial charge in [0.15, 0.2) is 5.11 Å². The minimum atomic E-state index is 0.151. The van der Waals surface area contributed by atoms with Gasteiger partial charge in [0, 0.05) is 11.1 Å². The molecule has 0 spiro atoms. The average Bonchev–Trinajstić information content (AvgIpc) is 3.14. The van der Waals surface area contributed by atoms with Crippen LogP contribution in [-0.2, 0) is 0 Å². The number of nitrogens with zero attached hydrogens (tertiary/aromatic N) is 4. The molecule has 0 saturated heterocycles. The van der Waals surface area contributed by atoms with Gasteiger partial charge >= 0.3 is 0 Å². The summed E-state index contributed by atoms with van der Waals surface area (Å²) in [6, 6.07) is 27.5. The lowest BCUT2D eigenvalue weighted by molar-refractivity contribution is 0.951. The summed E-state index contributed by atoms with van der Waals surface area (Å²) in [7, 11) is 0. The molecule has 3 aromatic carbocycles. The Morgan fingerprint density at radius 2 is 1.41 bits per heavy atom. The standard InChI is InChI=1S/C23H19N5S/c1-16-10-8-9-15-19(16)25-26-21-20(17-11-4-2-5-12-17)27-28(23(24)29)22(21)18-13-6-3-7-14-18/h2-15H,1H3,(H2,24,29). The first-order chi connectivity index (χ1) is 14.1. The molecule has 1 heterocycles. The predicted octanol–water partition coefficient (Wildman–Crippen LogP) is 6.03. The summed E-state index contributed by atoms with van der Waals surface area (Å²) in [6.45, 7) is 2.00. The van der Waals surface area contributed by atoms with Crippen molar-refractivity contribution < 1.29 is 0 Å². The number of azo groups is 1. The Morgan fingerprint density at radius 1 is 0.828 bits per heavy atom. The van der Waals surface area contributed by atoms with Gasteiger partial charge in [0.05, 0.1) is 5.69 Å². The lowest BCUT2D eigenvalue weighted by Gasteiger charge is -2.06. The minimum Gasteiger partial charge on any atom is -0.374 e. The van der Waals surface area contributed by atoms with Crippen LogP contribution in [0, 0.1) is 6.92 Å². The molecule has 0 amide bonds. The van der Waals surface area contributed by atoms with Gasteiger partial charge in [0.2, 0.25) is 0 Å². The summed E-state index contributed by atoms with van der Waals surface area (Å²) in [5.74, 6) is 0. The molecule has 5 nitrogen and oxygen atoms in total. The van der Waals surface area contributed by atoms with E-state index in [4.69, 9.17) is 18.0 Å². The van der Waals surface area contributed by atoms with Crippen LogP contribution in [0.15, 0.2) is 95.2 Å². The van der Waals surface area contributed by atoms with Crippen LogP contribution in [-0.4, -0.2) is 14.9 Å². The molecule has 0 bridgehead atoms. The Labute approximate surface area is 174 Å². The van der Waals surface area contributed by atoms with Crippen molar-refractivity contribution in [2.24, 2.45) is 16.0 Å². The zero-order chi connectivity index (χ0) is 20.2. The lowest BCUT2D eigenvalue weighted by atomic mass is 10.1. The monoisotopic (exact) mass is 397 g/mol. The van der Waals surface area contributed by atoms with Crippen LogP contribution >= 0.6 is 12.2 Å². The largest absolute Gasteiger partial charge is 0.374 e. The normalized spacial score (nSPS) is 11.1. The number of hydrogen-bond donors (Lipinski definition) is 1. The van der Waals surface area contributed by atoms with Crippen molar-refractivity contribution in [3.05, 3.63) is 90.5 Å². The molecule has 0 fully saturated rings. The van der Waals surface area contributed by atoms with Gasteiger partial charge in [-0.2, -0.15) is 10.2 Å². The van der Waals surface area contributed by atoms with Gasteiger partial charge in [-0.3, -0.25) is 0 Å². The second-order valence-electron chi connectivity index (χ2n) is 6.51. The van der Waals surface area contributed by atoms with Crippen LogP contribution < -0.4 is 5.73 Å². The first-order valence-corrected chi connectivity index (χ1v) is 9.57. The zero-order valence-electron chi connectivity index (χ0n) is 15.9. The van der Waals surface area contributed by atoms with E-state index >= 15 is 0 Å². The fourth-order valence-electron chi connectivity index (χ4n) is 3.09. The highest BCUT2D eigenvalue weighted by molar-refractivity contribution is 7.80. The number of rotatable bonds is 4. The molecular formula is C23H19N5S. The molecule has 2 N–H and O–H groups in total. The third-order valence-electron chi connectivity index (χ3n) is 4.54. The highest BCUT2D eigenvalue weighted by atomic mass is 32.1. The summed E-state index contributed by atoms with van der Waals surface area (Å²) in [6.07, 6.45) is 0. The lowest BCUT2D eigenvalue weighted by Crippen LogP contribution is -2.21. The molecule has 0 radical (unpaired) electrons. The van der Waals surface area contributed by atoms with Crippen molar-refractivity contribution in [1.29, 1.82) is 0 Å². The van der Waals surface area contributed by atoms with Crippen molar-refractivity contribution in [2.75, 3.05) is 0 Å². The third-order valence-corrected chi connectivity index (χ3v) is 4.71. The van der Waals surface area contributed by atoms with E-state index in [1.54, 1.807) is 4.68 Å². The van der Waals surface area contributed by atoms with Crippen LogP contribution in [0.4, 0.5) is 11.4 Å². The van der Waals surface area contributed by atoms with Crippen molar-refractivity contribution in [3.8, 4) is 22.5 Å². The highest BCUT2D eigenvalue weighted by Crippen LogP contribution is 2.40. The molecular weight excluding hydrogens is 378 g/mol. The van der Waals surface area contributed by atoms with Gasteiger partial charge in [0.25, 0.3) is 0 Å². The predicted molar refractivity (Wildman–Crippen MR) is 121 cm³/mol. The maximum atomic E-state index is 6.00. The molecule has 4 rings (SSSR count). The highest BCUT2D eigenvalue weighted by Gasteiger charge is 2.22. The molecule has 1 aromatic heterocycles. The second kappa shape index (κ2) is 8.16. The number of nitrogens with two attached hydrogens (primary N) is 1. The van der Waals surface area contributed by atoms with E-state index in [0.29, 0.717) is 17.1 Å². The Kier molecular flexibility index (Phi) is 5.27. The Balaban J connectivity index is 1.97. The molecule has 0 saturated carbocycles. The molecule has 6 heteroatoms. The molecule has 142 valence electrons. The van der Waals surface area contributed by atoms with Gasteiger partial charge in [-0.1, -0.05) is 78.9 Å². The number of thiocarbonyl (C=S) groups is 1. The summed E-state index contributed by atoms with van der Waals surface area (Å²) in [5.41, 5.74) is 11.7. The van der Waals surface area contributed by atoms with Gasteiger partial charge in [-0.15, -0.1) is 5.11 Å². The molecule has 4 aromatic rings. The number of benzene rings is 3. The van der Waals surface area contributed by atoms with Crippen molar-refractivity contribution in [3.63, 3.8) is 0 Å². The first-order valence-electron chi connectivity index (χ1n) is 9.16. The van der Waals surface area contributed by atoms with Crippen LogP contribution in [0.3, 0.4) is 0 Å².